The van der Waals surface area contributed by atoms with Crippen molar-refractivity contribution in [3.63, 3.8) is 0 Å². The van der Waals surface area contributed by atoms with Gasteiger partial charge in [0.1, 0.15) is 0 Å². The molecule has 0 radical (unpaired) electrons. The highest BCUT2D eigenvalue weighted by atomic mass is 16.6. The highest BCUT2D eigenvalue weighted by molar-refractivity contribution is 5.94. The number of hydrogen-bond acceptors (Lipinski definition) is 12. The van der Waals surface area contributed by atoms with Gasteiger partial charge in [-0.05, 0) is 0 Å². The van der Waals surface area contributed by atoms with Gasteiger partial charge < -0.3 is 29.4 Å². The zero-order valence-corrected chi connectivity index (χ0v) is 18.1. The van der Waals surface area contributed by atoms with E-state index < -0.39 is 59.6 Å². The maximum Gasteiger partial charge on any atom is 0.303 e. The Hall–Kier alpha value is -3.68. The number of esters is 3. The number of nitrogens with two attached hydrogens (primary N) is 1. The lowest BCUT2D eigenvalue weighted by molar-refractivity contribution is -0.225. The Morgan fingerprint density at radius 2 is 1.59 bits per heavy atom. The topological polar surface area (TPSA) is 189 Å². The number of nitrogen functional groups attached to an aromatic ring is 1. The summed E-state index contributed by atoms with van der Waals surface area (Å²) in [5.74, 6) is -3.41. The van der Waals surface area contributed by atoms with Crippen molar-refractivity contribution < 1.29 is 42.9 Å². The lowest BCUT2D eigenvalue weighted by Crippen LogP contribution is -2.63. The van der Waals surface area contributed by atoms with Gasteiger partial charge in [-0.25, -0.2) is 0 Å². The van der Waals surface area contributed by atoms with E-state index in [1.807, 2.05) is 0 Å². The number of H-pyrrole nitrogens is 1. The first-order valence-corrected chi connectivity index (χ1v) is 9.33. The fraction of sp³-hybridized carbons (Fsp3) is 0.556. The second kappa shape index (κ2) is 10.1. The lowest BCUT2D eigenvalue weighted by Gasteiger charge is -2.44. The molecule has 4 atom stereocenters. The number of nitrogens with zero attached hydrogens (tertiary/aromatic N) is 2. The molecule has 0 bridgehead atoms. The molecule has 3 N–H and O–H groups in total. The third-order valence-corrected chi connectivity index (χ3v) is 4.25. The number of nitrogens with one attached hydrogen (secondary N) is 1. The summed E-state index contributed by atoms with van der Waals surface area (Å²) in [4.78, 5) is 67.2. The Labute approximate surface area is 181 Å². The van der Waals surface area contributed by atoms with Gasteiger partial charge in [-0.3, -0.25) is 33.9 Å². The predicted molar refractivity (Wildman–Crippen MR) is 105 cm³/mol. The normalized spacial score (nSPS) is 22.4. The van der Waals surface area contributed by atoms with Crippen molar-refractivity contribution >= 4 is 35.3 Å². The van der Waals surface area contributed by atoms with E-state index >= 15 is 0 Å². The van der Waals surface area contributed by atoms with Crippen LogP contribution in [0.5, 0.6) is 6.01 Å². The van der Waals surface area contributed by atoms with E-state index in [0.717, 1.165) is 32.6 Å². The van der Waals surface area contributed by atoms with E-state index in [-0.39, 0.29) is 18.4 Å². The molecule has 0 aliphatic carbocycles. The molecular formula is C18H24N4O10. The third-order valence-electron chi connectivity index (χ3n) is 4.25. The summed E-state index contributed by atoms with van der Waals surface area (Å²) >= 11 is 0. The van der Waals surface area contributed by atoms with Gasteiger partial charge in [0.05, 0.1) is 13.7 Å². The van der Waals surface area contributed by atoms with Crippen LogP contribution in [-0.2, 0) is 38.1 Å². The number of carbonyl (C=O) groups is 4. The molecule has 14 nitrogen and oxygen atoms in total. The van der Waals surface area contributed by atoms with Crippen LogP contribution in [0.15, 0.2) is 4.79 Å². The van der Waals surface area contributed by atoms with Crippen LogP contribution in [0.25, 0.3) is 0 Å². The number of carbonyl (C=O) groups excluding carboxylic acids is 4. The molecule has 1 aromatic heterocycles. The van der Waals surface area contributed by atoms with E-state index in [9.17, 15) is 24.0 Å². The second-order valence-corrected chi connectivity index (χ2v) is 6.72. The first-order valence-electron chi connectivity index (χ1n) is 9.33. The van der Waals surface area contributed by atoms with Gasteiger partial charge in [0.15, 0.2) is 36.0 Å². The molecule has 1 aliphatic heterocycles. The average Bonchev–Trinajstić information content (AvgIpc) is 2.66. The molecule has 1 fully saturated rings. The van der Waals surface area contributed by atoms with Gasteiger partial charge in [0.25, 0.3) is 11.6 Å². The molecule has 0 unspecified atom stereocenters. The molecular weight excluding hydrogens is 432 g/mol. The standard InChI is InChI=1S/C18H24N4O10/c1-7(23)22(12-15(19)20-18(28-5)21-16(12)27)17-14(32-10(4)26)13(31-9(3)25)11(6-29-17)30-8(2)24/h11,13-14,17H,6H2,1-5H3,(H3,19,20,21,27)/t11-,13+,14-,17-/m1/s1. The van der Waals surface area contributed by atoms with Gasteiger partial charge >= 0.3 is 17.9 Å². The van der Waals surface area contributed by atoms with Crippen LogP contribution in [0.2, 0.25) is 0 Å². The van der Waals surface area contributed by atoms with Crippen molar-refractivity contribution in [2.75, 3.05) is 24.4 Å². The minimum absolute atomic E-state index is 0.200. The minimum Gasteiger partial charge on any atom is -0.468 e. The zero-order valence-electron chi connectivity index (χ0n) is 18.1. The van der Waals surface area contributed by atoms with Gasteiger partial charge in [-0.2, -0.15) is 4.98 Å². The molecule has 176 valence electrons. The molecule has 0 saturated carbocycles. The second-order valence-electron chi connectivity index (χ2n) is 6.72. The Kier molecular flexibility index (Phi) is 7.75. The van der Waals surface area contributed by atoms with Crippen molar-refractivity contribution in [2.24, 2.45) is 0 Å². The molecule has 0 aromatic carbocycles. The fourth-order valence-corrected chi connectivity index (χ4v) is 3.20. The molecule has 2 rings (SSSR count). The Morgan fingerprint density at radius 3 is 2.06 bits per heavy atom. The van der Waals surface area contributed by atoms with Crippen LogP contribution in [0.1, 0.15) is 27.7 Å². The number of ether oxygens (including phenoxy) is 5. The van der Waals surface area contributed by atoms with Crippen LogP contribution in [0.3, 0.4) is 0 Å². The molecule has 1 aliphatic rings. The molecule has 32 heavy (non-hydrogen) atoms. The van der Waals surface area contributed by atoms with Gasteiger partial charge in [0.2, 0.25) is 5.91 Å². The Balaban J connectivity index is 2.61. The third kappa shape index (κ3) is 5.51. The first kappa shape index (κ1) is 24.6. The Morgan fingerprint density at radius 1 is 1.03 bits per heavy atom. The van der Waals surface area contributed by atoms with Crippen molar-refractivity contribution in [1.82, 2.24) is 9.97 Å². The molecule has 1 aromatic rings. The molecule has 1 amide bonds. The first-order chi connectivity index (χ1) is 15.0. The summed E-state index contributed by atoms with van der Waals surface area (Å²) in [5.41, 5.74) is 4.62. The number of aromatic nitrogens is 2. The quantitative estimate of drug-likeness (QED) is 0.387. The van der Waals surface area contributed by atoms with Crippen molar-refractivity contribution in [1.29, 1.82) is 0 Å². The monoisotopic (exact) mass is 456 g/mol. The van der Waals surface area contributed by atoms with Crippen LogP contribution >= 0.6 is 0 Å². The van der Waals surface area contributed by atoms with Crippen LogP contribution in [0.4, 0.5) is 11.5 Å². The van der Waals surface area contributed by atoms with Gasteiger partial charge in [0, 0.05) is 27.7 Å². The summed E-state index contributed by atoms with van der Waals surface area (Å²) in [5, 5.41) is 0. The van der Waals surface area contributed by atoms with E-state index in [1.165, 1.54) is 7.11 Å². The zero-order chi connectivity index (χ0) is 24.2. The van der Waals surface area contributed by atoms with E-state index in [1.54, 1.807) is 0 Å². The molecule has 14 heteroatoms. The Bertz CT molecular complexity index is 962. The summed E-state index contributed by atoms with van der Waals surface area (Å²) < 4.78 is 26.2. The predicted octanol–water partition coefficient (Wildman–Crippen LogP) is -1.13. The number of amides is 1. The summed E-state index contributed by atoms with van der Waals surface area (Å²) in [6.07, 6.45) is -5.48. The number of anilines is 2. The summed E-state index contributed by atoms with van der Waals surface area (Å²) in [6, 6.07) is -0.200. The van der Waals surface area contributed by atoms with Crippen molar-refractivity contribution in [3.8, 4) is 6.01 Å². The molecule has 2 heterocycles. The van der Waals surface area contributed by atoms with Gasteiger partial charge in [-0.1, -0.05) is 0 Å². The van der Waals surface area contributed by atoms with Crippen molar-refractivity contribution in [2.45, 2.75) is 52.2 Å². The minimum atomic E-state index is -1.49. The smallest absolute Gasteiger partial charge is 0.303 e. The summed E-state index contributed by atoms with van der Waals surface area (Å²) in [6.45, 7) is 4.05. The van der Waals surface area contributed by atoms with E-state index in [2.05, 4.69) is 9.97 Å². The number of aromatic amines is 1. The van der Waals surface area contributed by atoms with Crippen LogP contribution in [-0.4, -0.2) is 72.0 Å². The number of rotatable bonds is 6. The van der Waals surface area contributed by atoms with E-state index in [0.29, 0.717) is 0 Å². The average molecular weight is 456 g/mol. The summed E-state index contributed by atoms with van der Waals surface area (Å²) in [7, 11) is 1.25. The maximum absolute atomic E-state index is 12.6. The van der Waals surface area contributed by atoms with Crippen molar-refractivity contribution in [3.05, 3.63) is 10.4 Å². The number of hydrogen-bond donors (Lipinski definition) is 2. The number of methoxy groups -OCH3 is 1. The van der Waals surface area contributed by atoms with Gasteiger partial charge in [-0.15, -0.1) is 0 Å². The maximum atomic E-state index is 12.6. The van der Waals surface area contributed by atoms with Crippen LogP contribution in [0, 0.1) is 0 Å². The lowest BCUT2D eigenvalue weighted by atomic mass is 10.0. The largest absolute Gasteiger partial charge is 0.468 e. The SMILES string of the molecule is COc1nc(N)c(N(C(C)=O)[C@@H]2OC[C@@H](OC(C)=O)[C@H](OC(C)=O)[C@H]2OC(C)=O)c(=O)[nH]1. The highest BCUT2D eigenvalue weighted by Gasteiger charge is 2.50. The van der Waals surface area contributed by atoms with E-state index in [4.69, 9.17) is 29.4 Å². The molecule has 0 spiro atoms. The molecule has 1 saturated heterocycles. The highest BCUT2D eigenvalue weighted by Crippen LogP contribution is 2.30. The van der Waals surface area contributed by atoms with Crippen LogP contribution < -0.4 is 20.9 Å². The fourth-order valence-electron chi connectivity index (χ4n) is 3.20.